The van der Waals surface area contributed by atoms with Crippen LogP contribution in [0.3, 0.4) is 0 Å². The lowest BCUT2D eigenvalue weighted by atomic mass is 10.0. The van der Waals surface area contributed by atoms with Crippen LogP contribution in [-0.2, 0) is 0 Å². The molecule has 1 saturated heterocycles. The van der Waals surface area contributed by atoms with Gasteiger partial charge in [0.25, 0.3) is 5.91 Å². The Hall–Kier alpha value is -2.23. The first-order valence-corrected chi connectivity index (χ1v) is 7.81. The van der Waals surface area contributed by atoms with Gasteiger partial charge in [0.05, 0.1) is 0 Å². The van der Waals surface area contributed by atoms with Crippen LogP contribution in [0.15, 0.2) is 34.7 Å². The zero-order chi connectivity index (χ0) is 15.7. The molecule has 0 aliphatic carbocycles. The maximum Gasteiger partial charge on any atom is 0.289 e. The zero-order valence-electron chi connectivity index (χ0n) is 13.1. The maximum absolute atomic E-state index is 12.5. The molecule has 0 unspecified atom stereocenters. The fourth-order valence-corrected chi connectivity index (χ4v) is 3.05. The molecule has 1 aliphatic rings. The van der Waals surface area contributed by atoms with Crippen molar-refractivity contribution in [3.63, 3.8) is 0 Å². The summed E-state index contributed by atoms with van der Waals surface area (Å²) < 4.78 is 5.81. The van der Waals surface area contributed by atoms with E-state index in [1.807, 2.05) is 36.1 Å². The minimum atomic E-state index is -0.0145. The Labute approximate surface area is 130 Å². The third-order valence-electron chi connectivity index (χ3n) is 4.40. The van der Waals surface area contributed by atoms with Crippen molar-refractivity contribution in [2.75, 3.05) is 18.8 Å². The highest BCUT2D eigenvalue weighted by Crippen LogP contribution is 2.29. The Morgan fingerprint density at radius 3 is 2.91 bits per heavy atom. The predicted molar refractivity (Wildman–Crippen MR) is 87.6 cm³/mol. The molecule has 1 fully saturated rings. The lowest BCUT2D eigenvalue weighted by Crippen LogP contribution is -2.38. The molecule has 1 atom stereocenters. The summed E-state index contributed by atoms with van der Waals surface area (Å²) in [5, 5.41) is 0. The molecule has 4 nitrogen and oxygen atoms in total. The molecule has 0 bridgehead atoms. The number of furan rings is 1. The molecule has 3 rings (SSSR count). The molecular formula is C18H22N2O2. The normalized spacial score (nSPS) is 18.5. The summed E-state index contributed by atoms with van der Waals surface area (Å²) in [6.45, 7) is 5.77. The summed E-state index contributed by atoms with van der Waals surface area (Å²) in [6, 6.07) is 9.33. The second kappa shape index (κ2) is 5.87. The predicted octanol–water partition coefficient (Wildman–Crippen LogP) is 3.71. The Balaban J connectivity index is 1.84. The maximum atomic E-state index is 12.5. The van der Waals surface area contributed by atoms with Crippen molar-refractivity contribution in [1.82, 2.24) is 4.90 Å². The number of nitrogens with zero attached hydrogens (tertiary/aromatic N) is 1. The Morgan fingerprint density at radius 1 is 1.32 bits per heavy atom. The minimum Gasteiger partial charge on any atom is -0.451 e. The van der Waals surface area contributed by atoms with E-state index in [0.717, 1.165) is 36.3 Å². The summed E-state index contributed by atoms with van der Waals surface area (Å²) in [5.41, 5.74) is 8.58. The second-order valence-electron chi connectivity index (χ2n) is 6.18. The van der Waals surface area contributed by atoms with Crippen molar-refractivity contribution in [2.24, 2.45) is 5.92 Å². The van der Waals surface area contributed by atoms with Gasteiger partial charge in [0.1, 0.15) is 5.76 Å². The van der Waals surface area contributed by atoms with E-state index in [1.165, 1.54) is 6.42 Å². The Morgan fingerprint density at radius 2 is 2.14 bits per heavy atom. The van der Waals surface area contributed by atoms with E-state index in [1.54, 1.807) is 6.07 Å². The summed E-state index contributed by atoms with van der Waals surface area (Å²) >= 11 is 0. The first-order chi connectivity index (χ1) is 10.6. The first kappa shape index (κ1) is 14.7. The topological polar surface area (TPSA) is 59.5 Å². The first-order valence-electron chi connectivity index (χ1n) is 7.81. The summed E-state index contributed by atoms with van der Waals surface area (Å²) in [7, 11) is 0. The van der Waals surface area contributed by atoms with Gasteiger partial charge in [0, 0.05) is 24.3 Å². The Kier molecular flexibility index (Phi) is 3.92. The minimum absolute atomic E-state index is 0.0145. The molecule has 1 aromatic heterocycles. The largest absolute Gasteiger partial charge is 0.451 e. The van der Waals surface area contributed by atoms with Gasteiger partial charge in [-0.1, -0.05) is 19.1 Å². The molecule has 2 N–H and O–H groups in total. The van der Waals surface area contributed by atoms with Crippen LogP contribution < -0.4 is 5.73 Å². The van der Waals surface area contributed by atoms with Gasteiger partial charge in [-0.2, -0.15) is 0 Å². The monoisotopic (exact) mass is 298 g/mol. The van der Waals surface area contributed by atoms with Crippen molar-refractivity contribution in [3.05, 3.63) is 41.7 Å². The van der Waals surface area contributed by atoms with E-state index >= 15 is 0 Å². The van der Waals surface area contributed by atoms with E-state index in [4.69, 9.17) is 10.2 Å². The fraction of sp³-hybridized carbons (Fsp3) is 0.389. The molecule has 0 spiro atoms. The van der Waals surface area contributed by atoms with Gasteiger partial charge in [-0.05, 0) is 49.4 Å². The number of piperidine rings is 1. The number of nitrogen functional groups attached to an aromatic ring is 1. The third kappa shape index (κ3) is 2.73. The van der Waals surface area contributed by atoms with Gasteiger partial charge in [-0.25, -0.2) is 0 Å². The third-order valence-corrected chi connectivity index (χ3v) is 4.40. The average Bonchev–Trinajstić information content (AvgIpc) is 2.99. The molecule has 1 aliphatic heterocycles. The van der Waals surface area contributed by atoms with Crippen molar-refractivity contribution in [2.45, 2.75) is 26.7 Å². The van der Waals surface area contributed by atoms with Crippen LogP contribution in [-0.4, -0.2) is 23.9 Å². The number of amides is 1. The number of carbonyl (C=O) groups excluding carboxylic acids is 1. The average molecular weight is 298 g/mol. The van der Waals surface area contributed by atoms with Gasteiger partial charge in [0.15, 0.2) is 5.76 Å². The molecule has 1 aromatic carbocycles. The van der Waals surface area contributed by atoms with E-state index in [2.05, 4.69) is 6.92 Å². The second-order valence-corrected chi connectivity index (χ2v) is 6.18. The molecular weight excluding hydrogens is 276 g/mol. The van der Waals surface area contributed by atoms with Crippen LogP contribution in [0.25, 0.3) is 11.3 Å². The fourth-order valence-electron chi connectivity index (χ4n) is 3.05. The number of rotatable bonds is 2. The van der Waals surface area contributed by atoms with E-state index < -0.39 is 0 Å². The smallest absolute Gasteiger partial charge is 0.289 e. The van der Waals surface area contributed by atoms with Crippen LogP contribution in [0.4, 0.5) is 5.69 Å². The van der Waals surface area contributed by atoms with E-state index in [-0.39, 0.29) is 5.91 Å². The van der Waals surface area contributed by atoms with Crippen molar-refractivity contribution < 1.29 is 9.21 Å². The highest BCUT2D eigenvalue weighted by molar-refractivity contribution is 5.92. The summed E-state index contributed by atoms with van der Waals surface area (Å²) in [6.07, 6.45) is 2.25. The van der Waals surface area contributed by atoms with Crippen LogP contribution in [0, 0.1) is 12.8 Å². The highest BCUT2D eigenvalue weighted by atomic mass is 16.4. The van der Waals surface area contributed by atoms with Gasteiger partial charge < -0.3 is 15.1 Å². The van der Waals surface area contributed by atoms with Crippen LogP contribution in [0.1, 0.15) is 35.9 Å². The number of nitrogens with two attached hydrogens (primary N) is 1. The number of benzene rings is 1. The van der Waals surface area contributed by atoms with E-state index in [9.17, 15) is 4.79 Å². The number of hydrogen-bond donors (Lipinski definition) is 1. The lowest BCUT2D eigenvalue weighted by molar-refractivity contribution is 0.0652. The van der Waals surface area contributed by atoms with Gasteiger partial charge in [-0.3, -0.25) is 4.79 Å². The van der Waals surface area contributed by atoms with Gasteiger partial charge in [-0.15, -0.1) is 0 Å². The SMILES string of the molecule is Cc1c(N)cccc1-c1ccc(C(=O)N2CCC[C@@H](C)C2)o1. The van der Waals surface area contributed by atoms with E-state index in [0.29, 0.717) is 17.4 Å². The van der Waals surface area contributed by atoms with Gasteiger partial charge >= 0.3 is 0 Å². The van der Waals surface area contributed by atoms with Crippen LogP contribution in [0.2, 0.25) is 0 Å². The molecule has 116 valence electrons. The van der Waals surface area contributed by atoms with Crippen molar-refractivity contribution in [1.29, 1.82) is 0 Å². The molecule has 22 heavy (non-hydrogen) atoms. The standard InChI is InChI=1S/C18H22N2O2/c1-12-5-4-10-20(11-12)18(21)17-9-8-16(22-17)14-6-3-7-15(19)13(14)2/h3,6-9,12H,4-5,10-11,19H2,1-2H3/t12-/m1/s1. The molecule has 2 aromatic rings. The number of anilines is 1. The summed E-state index contributed by atoms with van der Waals surface area (Å²) in [4.78, 5) is 14.4. The van der Waals surface area contributed by atoms with Crippen molar-refractivity contribution in [3.8, 4) is 11.3 Å². The zero-order valence-corrected chi connectivity index (χ0v) is 13.1. The number of hydrogen-bond acceptors (Lipinski definition) is 3. The van der Waals surface area contributed by atoms with Gasteiger partial charge in [0.2, 0.25) is 0 Å². The number of carbonyl (C=O) groups is 1. The molecule has 2 heterocycles. The van der Waals surface area contributed by atoms with Crippen LogP contribution in [0.5, 0.6) is 0 Å². The Bertz CT molecular complexity index is 690. The molecule has 1 amide bonds. The number of likely N-dealkylation sites (tertiary alicyclic amines) is 1. The lowest BCUT2D eigenvalue weighted by Gasteiger charge is -2.30. The highest BCUT2D eigenvalue weighted by Gasteiger charge is 2.24. The summed E-state index contributed by atoms with van der Waals surface area (Å²) in [5.74, 6) is 1.65. The quantitative estimate of drug-likeness (QED) is 0.860. The molecule has 0 radical (unpaired) electrons. The van der Waals surface area contributed by atoms with Crippen LogP contribution >= 0.6 is 0 Å². The van der Waals surface area contributed by atoms with Crippen molar-refractivity contribution >= 4 is 11.6 Å². The molecule has 0 saturated carbocycles. The molecule has 4 heteroatoms.